The molecule has 0 aromatic heterocycles. The van der Waals surface area contributed by atoms with Gasteiger partial charge in [-0.25, -0.2) is 13.4 Å². The number of aromatic hydroxyl groups is 1. The summed E-state index contributed by atoms with van der Waals surface area (Å²) in [6.07, 6.45) is 0.335. The van der Waals surface area contributed by atoms with Crippen molar-refractivity contribution in [1.82, 2.24) is 5.01 Å². The molecule has 0 spiro atoms. The molecule has 0 unspecified atom stereocenters. The summed E-state index contributed by atoms with van der Waals surface area (Å²) < 4.78 is 28.3. The van der Waals surface area contributed by atoms with Crippen molar-refractivity contribution in [3.05, 3.63) is 90.0 Å². The van der Waals surface area contributed by atoms with Crippen molar-refractivity contribution in [3.8, 4) is 5.75 Å². The highest BCUT2D eigenvalue weighted by Gasteiger charge is 2.34. The Hall–Kier alpha value is -3.65. The van der Waals surface area contributed by atoms with Crippen LogP contribution in [-0.4, -0.2) is 30.2 Å². The Morgan fingerprint density at radius 2 is 1.65 bits per heavy atom. The zero-order valence-corrected chi connectivity index (χ0v) is 17.6. The van der Waals surface area contributed by atoms with Crippen LogP contribution in [0, 0.1) is 0 Å². The molecule has 1 amide bonds. The highest BCUT2D eigenvalue weighted by atomic mass is 32.2. The van der Waals surface area contributed by atoms with Gasteiger partial charge in [-0.3, -0.25) is 9.52 Å². The fourth-order valence-electron chi connectivity index (χ4n) is 3.60. The van der Waals surface area contributed by atoms with E-state index in [2.05, 4.69) is 9.82 Å². The summed E-state index contributed by atoms with van der Waals surface area (Å²) in [7, 11) is -3.79. The second-order valence-corrected chi connectivity index (χ2v) is 8.84. The molecule has 158 valence electrons. The predicted octanol–water partition coefficient (Wildman–Crippen LogP) is 3.89. The summed E-state index contributed by atoms with van der Waals surface area (Å²) in [6.45, 7) is 1.41. The third-order valence-electron chi connectivity index (χ3n) is 5.06. The van der Waals surface area contributed by atoms with Crippen LogP contribution >= 0.6 is 0 Å². The van der Waals surface area contributed by atoms with Gasteiger partial charge in [0.05, 0.1) is 22.3 Å². The van der Waals surface area contributed by atoms with Gasteiger partial charge in [-0.15, -0.1) is 0 Å². The highest BCUT2D eigenvalue weighted by Crippen LogP contribution is 2.38. The molecule has 0 radical (unpaired) electrons. The summed E-state index contributed by atoms with van der Waals surface area (Å²) in [5, 5.41) is 16.1. The number of hydrazone groups is 1. The highest BCUT2D eigenvalue weighted by molar-refractivity contribution is 7.92. The summed E-state index contributed by atoms with van der Waals surface area (Å²) in [6, 6.07) is 21.3. The average molecular weight is 436 g/mol. The maximum absolute atomic E-state index is 12.8. The molecule has 8 heteroatoms. The Kier molecular flexibility index (Phi) is 5.48. The fraction of sp³-hybridized carbons (Fsp3) is 0.130. The molecular formula is C23H21N3O4S. The lowest BCUT2D eigenvalue weighted by Crippen LogP contribution is -2.24. The molecule has 0 aliphatic carbocycles. The lowest BCUT2D eigenvalue weighted by molar-refractivity contribution is -0.130. The number of para-hydroxylation sites is 2. The van der Waals surface area contributed by atoms with E-state index in [4.69, 9.17) is 0 Å². The van der Waals surface area contributed by atoms with Crippen molar-refractivity contribution in [3.63, 3.8) is 0 Å². The van der Waals surface area contributed by atoms with Crippen molar-refractivity contribution in [1.29, 1.82) is 0 Å². The second kappa shape index (κ2) is 8.23. The number of nitrogens with zero attached hydrogens (tertiary/aromatic N) is 2. The molecular weight excluding hydrogens is 414 g/mol. The van der Waals surface area contributed by atoms with Crippen molar-refractivity contribution < 1.29 is 18.3 Å². The molecule has 1 aliphatic rings. The van der Waals surface area contributed by atoms with Crippen LogP contribution in [0.1, 0.15) is 30.5 Å². The molecule has 0 bridgehead atoms. The Morgan fingerprint density at radius 3 is 2.35 bits per heavy atom. The van der Waals surface area contributed by atoms with E-state index in [0.29, 0.717) is 28.9 Å². The average Bonchev–Trinajstić information content (AvgIpc) is 3.20. The number of anilines is 1. The first kappa shape index (κ1) is 20.6. The van der Waals surface area contributed by atoms with Gasteiger partial charge in [0, 0.05) is 24.5 Å². The van der Waals surface area contributed by atoms with Crippen LogP contribution in [0.4, 0.5) is 5.69 Å². The van der Waals surface area contributed by atoms with Gasteiger partial charge in [-0.05, 0) is 24.3 Å². The van der Waals surface area contributed by atoms with Gasteiger partial charge in [0.1, 0.15) is 5.75 Å². The smallest absolute Gasteiger partial charge is 0.261 e. The van der Waals surface area contributed by atoms with Gasteiger partial charge < -0.3 is 5.11 Å². The van der Waals surface area contributed by atoms with Crippen LogP contribution in [-0.2, 0) is 14.8 Å². The molecule has 31 heavy (non-hydrogen) atoms. The summed E-state index contributed by atoms with van der Waals surface area (Å²) in [5.41, 5.74) is 2.08. The summed E-state index contributed by atoms with van der Waals surface area (Å²) in [5.74, 6) is -0.195. The molecule has 1 heterocycles. The first-order valence-corrected chi connectivity index (χ1v) is 11.2. The van der Waals surface area contributed by atoms with Gasteiger partial charge >= 0.3 is 0 Å². The number of rotatable bonds is 5. The van der Waals surface area contributed by atoms with Crippen LogP contribution in [0.25, 0.3) is 0 Å². The lowest BCUT2D eigenvalue weighted by atomic mass is 9.97. The molecule has 0 saturated heterocycles. The Balaban J connectivity index is 1.70. The molecule has 0 fully saturated rings. The number of sulfonamides is 1. The van der Waals surface area contributed by atoms with Gasteiger partial charge in [0.2, 0.25) is 5.91 Å². The summed E-state index contributed by atoms with van der Waals surface area (Å²) in [4.78, 5) is 12.4. The number of amides is 1. The second-order valence-electron chi connectivity index (χ2n) is 7.15. The third kappa shape index (κ3) is 4.15. The molecule has 1 aliphatic heterocycles. The number of phenols is 1. The molecule has 4 rings (SSSR count). The van der Waals surface area contributed by atoms with Crippen molar-refractivity contribution in [2.45, 2.75) is 24.3 Å². The minimum absolute atomic E-state index is 0.0771. The van der Waals surface area contributed by atoms with E-state index in [0.717, 1.165) is 0 Å². The van der Waals surface area contributed by atoms with E-state index in [1.165, 1.54) is 24.1 Å². The van der Waals surface area contributed by atoms with Gasteiger partial charge in [0.15, 0.2) is 0 Å². The number of nitrogens with one attached hydrogen (secondary N) is 1. The van der Waals surface area contributed by atoms with Crippen LogP contribution in [0.2, 0.25) is 0 Å². The maximum atomic E-state index is 12.8. The number of carbonyl (C=O) groups is 1. The van der Waals surface area contributed by atoms with Crippen LogP contribution in [0.15, 0.2) is 88.9 Å². The van der Waals surface area contributed by atoms with Crippen molar-refractivity contribution in [2.75, 3.05) is 4.72 Å². The van der Waals surface area contributed by atoms with Crippen molar-refractivity contribution in [2.24, 2.45) is 5.10 Å². The Bertz CT molecular complexity index is 1260. The van der Waals surface area contributed by atoms with Gasteiger partial charge in [-0.2, -0.15) is 5.10 Å². The topological polar surface area (TPSA) is 99.1 Å². The molecule has 3 aromatic rings. The first-order chi connectivity index (χ1) is 14.9. The van der Waals surface area contributed by atoms with E-state index >= 15 is 0 Å². The number of benzene rings is 3. The standard InChI is InChI=1S/C23H21N3O4S/c1-16(27)26-22(19-12-6-8-14-23(19)28)15-21(24-26)18-11-5-7-13-20(18)25-31(29,30)17-9-3-2-4-10-17/h2-14,22,25,28H,15H2,1H3/t22-/m0/s1. The zero-order chi connectivity index (χ0) is 22.0. The van der Waals surface area contributed by atoms with Gasteiger partial charge in [0.25, 0.3) is 10.0 Å². The largest absolute Gasteiger partial charge is 0.508 e. The maximum Gasteiger partial charge on any atom is 0.261 e. The Morgan fingerprint density at radius 1 is 1.00 bits per heavy atom. The SMILES string of the molecule is CC(=O)N1N=C(c2ccccc2NS(=O)(=O)c2ccccc2)C[C@H]1c1ccccc1O. The fourth-order valence-corrected chi connectivity index (χ4v) is 4.70. The van der Waals surface area contributed by atoms with E-state index < -0.39 is 16.1 Å². The monoisotopic (exact) mass is 435 g/mol. The number of phenolic OH excluding ortho intramolecular Hbond substituents is 1. The quantitative estimate of drug-likeness (QED) is 0.635. The Labute approximate surface area is 180 Å². The lowest BCUT2D eigenvalue weighted by Gasteiger charge is -2.21. The molecule has 2 N–H and O–H groups in total. The third-order valence-corrected chi connectivity index (χ3v) is 6.45. The van der Waals surface area contributed by atoms with E-state index in [9.17, 15) is 18.3 Å². The number of carbonyl (C=O) groups excluding carboxylic acids is 1. The number of hydrogen-bond donors (Lipinski definition) is 2. The van der Waals surface area contributed by atoms with E-state index in [-0.39, 0.29) is 16.6 Å². The minimum atomic E-state index is -3.79. The zero-order valence-electron chi connectivity index (χ0n) is 16.8. The normalized spacial score (nSPS) is 16.1. The van der Waals surface area contributed by atoms with Crippen LogP contribution in [0.3, 0.4) is 0 Å². The first-order valence-electron chi connectivity index (χ1n) is 9.69. The van der Waals surface area contributed by atoms with E-state index in [1.807, 2.05) is 0 Å². The number of hydrogen-bond acceptors (Lipinski definition) is 5. The predicted molar refractivity (Wildman–Crippen MR) is 118 cm³/mol. The van der Waals surface area contributed by atoms with Crippen molar-refractivity contribution >= 4 is 27.3 Å². The summed E-state index contributed by atoms with van der Waals surface area (Å²) >= 11 is 0. The minimum Gasteiger partial charge on any atom is -0.508 e. The van der Waals surface area contributed by atoms with Crippen LogP contribution in [0.5, 0.6) is 5.75 Å². The molecule has 1 atom stereocenters. The molecule has 3 aromatic carbocycles. The van der Waals surface area contributed by atoms with Gasteiger partial charge in [-0.1, -0.05) is 54.6 Å². The van der Waals surface area contributed by atoms with Crippen LogP contribution < -0.4 is 4.72 Å². The molecule has 7 nitrogen and oxygen atoms in total. The van der Waals surface area contributed by atoms with E-state index in [1.54, 1.807) is 66.7 Å². The molecule has 0 saturated carbocycles.